The largest absolute Gasteiger partial charge is 0.462 e. The van der Waals surface area contributed by atoms with Gasteiger partial charge >= 0.3 is 17.9 Å². The molecule has 0 heterocycles. The molecule has 0 aliphatic heterocycles. The molecule has 0 aromatic heterocycles. The average Bonchev–Trinajstić information content (AvgIpc) is 3.15. The highest BCUT2D eigenvalue weighted by molar-refractivity contribution is 5.71. The molecule has 0 spiro atoms. The first-order valence-electron chi connectivity index (χ1n) is 23.5. The number of unbranched alkanes of at least 4 members (excludes halogenated alkanes) is 32. The van der Waals surface area contributed by atoms with E-state index in [0.29, 0.717) is 19.3 Å². The summed E-state index contributed by atoms with van der Waals surface area (Å²) >= 11 is 0. The van der Waals surface area contributed by atoms with Crippen molar-refractivity contribution in [3.05, 3.63) is 0 Å². The maximum absolute atomic E-state index is 12.7. The molecule has 0 bridgehead atoms. The number of carbonyl (C=O) groups excluding carboxylic acids is 3. The number of hydrogen-bond donors (Lipinski definition) is 0. The second-order valence-corrected chi connectivity index (χ2v) is 16.0. The summed E-state index contributed by atoms with van der Waals surface area (Å²) in [4.78, 5) is 37.7. The highest BCUT2D eigenvalue weighted by atomic mass is 16.6. The van der Waals surface area contributed by atoms with Crippen LogP contribution in [0.1, 0.15) is 265 Å². The van der Waals surface area contributed by atoms with Crippen LogP contribution in [0, 0.1) is 0 Å². The number of esters is 3. The van der Waals surface area contributed by atoms with Crippen LogP contribution in [-0.2, 0) is 28.6 Å². The van der Waals surface area contributed by atoms with E-state index in [1.165, 1.54) is 167 Å². The molecule has 0 rings (SSSR count). The molecule has 0 N–H and O–H groups in total. The van der Waals surface area contributed by atoms with Crippen LogP contribution >= 0.6 is 0 Å². The summed E-state index contributed by atoms with van der Waals surface area (Å²) < 4.78 is 16.7. The van der Waals surface area contributed by atoms with Crippen LogP contribution in [0.4, 0.5) is 0 Å². The third-order valence-corrected chi connectivity index (χ3v) is 10.6. The molecule has 314 valence electrons. The zero-order chi connectivity index (χ0) is 38.7. The van der Waals surface area contributed by atoms with Crippen molar-refractivity contribution in [1.29, 1.82) is 0 Å². The van der Waals surface area contributed by atoms with Gasteiger partial charge in [-0.15, -0.1) is 0 Å². The lowest BCUT2D eigenvalue weighted by atomic mass is 10.0. The summed E-state index contributed by atoms with van der Waals surface area (Å²) in [5.41, 5.74) is 0. The average molecular weight is 751 g/mol. The Labute approximate surface area is 329 Å². The van der Waals surface area contributed by atoms with Gasteiger partial charge in [-0.3, -0.25) is 14.4 Å². The van der Waals surface area contributed by atoms with Crippen molar-refractivity contribution < 1.29 is 28.6 Å². The van der Waals surface area contributed by atoms with Gasteiger partial charge in [0.2, 0.25) is 0 Å². The predicted octanol–water partition coefficient (Wildman–Crippen LogP) is 14.9. The predicted molar refractivity (Wildman–Crippen MR) is 224 cm³/mol. The maximum atomic E-state index is 12.7. The number of hydrogen-bond acceptors (Lipinski definition) is 6. The zero-order valence-electron chi connectivity index (χ0n) is 35.8. The first-order chi connectivity index (χ1) is 26.0. The third kappa shape index (κ3) is 41.4. The standard InChI is InChI=1S/C47H90O6/c1-4-7-10-13-16-19-22-23-24-25-26-29-31-34-37-40-46(49)52-43-44(53-47(50)41-38-35-32-28-21-18-15-12-9-6-3)42-51-45(48)39-36-33-30-27-20-17-14-11-8-5-2/h44H,4-43H2,1-3H3/t44-/m1/s1. The normalized spacial score (nSPS) is 11.8. The summed E-state index contributed by atoms with van der Waals surface area (Å²) in [7, 11) is 0. The van der Waals surface area contributed by atoms with Crippen molar-refractivity contribution in [2.24, 2.45) is 0 Å². The highest BCUT2D eigenvalue weighted by Crippen LogP contribution is 2.16. The van der Waals surface area contributed by atoms with Gasteiger partial charge in [0.25, 0.3) is 0 Å². The molecule has 0 aliphatic carbocycles. The minimum absolute atomic E-state index is 0.0626. The molecule has 0 unspecified atom stereocenters. The van der Waals surface area contributed by atoms with Gasteiger partial charge in [-0.05, 0) is 19.3 Å². The van der Waals surface area contributed by atoms with E-state index in [2.05, 4.69) is 20.8 Å². The summed E-state index contributed by atoms with van der Waals surface area (Å²) in [5, 5.41) is 0. The van der Waals surface area contributed by atoms with Crippen LogP contribution in [0.25, 0.3) is 0 Å². The molecule has 0 amide bonds. The van der Waals surface area contributed by atoms with Gasteiger partial charge in [0.15, 0.2) is 6.10 Å². The molecule has 0 aromatic carbocycles. The zero-order valence-corrected chi connectivity index (χ0v) is 35.8. The molecule has 53 heavy (non-hydrogen) atoms. The van der Waals surface area contributed by atoms with Gasteiger partial charge in [-0.1, -0.05) is 226 Å². The van der Waals surface area contributed by atoms with Gasteiger partial charge in [0.1, 0.15) is 13.2 Å². The van der Waals surface area contributed by atoms with E-state index < -0.39 is 6.10 Å². The van der Waals surface area contributed by atoms with Gasteiger partial charge in [0.05, 0.1) is 0 Å². The SMILES string of the molecule is CCCCCCCCCCCCCCCCCC(=O)OC[C@@H](COC(=O)CCCCCCCCCCCC)OC(=O)CCCCCCCCCCCC. The molecule has 1 atom stereocenters. The fourth-order valence-corrected chi connectivity index (χ4v) is 7.03. The van der Waals surface area contributed by atoms with Gasteiger partial charge in [-0.25, -0.2) is 0 Å². The molecular weight excluding hydrogens is 661 g/mol. The smallest absolute Gasteiger partial charge is 0.306 e. The number of carbonyl (C=O) groups is 3. The topological polar surface area (TPSA) is 78.9 Å². The van der Waals surface area contributed by atoms with Crippen molar-refractivity contribution >= 4 is 17.9 Å². The quantitative estimate of drug-likeness (QED) is 0.0351. The minimum Gasteiger partial charge on any atom is -0.462 e. The molecular formula is C47H90O6. The summed E-state index contributed by atoms with van der Waals surface area (Å²) in [6.45, 7) is 6.64. The van der Waals surface area contributed by atoms with Gasteiger partial charge in [-0.2, -0.15) is 0 Å². The van der Waals surface area contributed by atoms with E-state index in [4.69, 9.17) is 14.2 Å². The van der Waals surface area contributed by atoms with E-state index >= 15 is 0 Å². The first kappa shape index (κ1) is 51.4. The molecule has 0 aromatic rings. The Balaban J connectivity index is 4.27. The fourth-order valence-electron chi connectivity index (χ4n) is 7.03. The molecule has 6 heteroatoms. The molecule has 0 saturated carbocycles. The molecule has 0 aliphatic rings. The Morgan fingerprint density at radius 1 is 0.302 bits per heavy atom. The van der Waals surface area contributed by atoms with Crippen LogP contribution in [0.3, 0.4) is 0 Å². The minimum atomic E-state index is -0.757. The van der Waals surface area contributed by atoms with Crippen molar-refractivity contribution in [2.45, 2.75) is 271 Å². The Kier molecular flexibility index (Phi) is 41.8. The Morgan fingerprint density at radius 2 is 0.509 bits per heavy atom. The summed E-state index contributed by atoms with van der Waals surface area (Å²) in [5.74, 6) is -0.852. The van der Waals surface area contributed by atoms with Gasteiger partial charge in [0, 0.05) is 19.3 Å². The highest BCUT2D eigenvalue weighted by Gasteiger charge is 2.19. The Morgan fingerprint density at radius 3 is 0.755 bits per heavy atom. The number of ether oxygens (including phenoxy) is 3. The van der Waals surface area contributed by atoms with E-state index in [-0.39, 0.29) is 31.1 Å². The molecule has 0 saturated heterocycles. The number of rotatable bonds is 43. The van der Waals surface area contributed by atoms with Crippen LogP contribution in [0.5, 0.6) is 0 Å². The lowest BCUT2D eigenvalue weighted by Crippen LogP contribution is -2.30. The second kappa shape index (κ2) is 43.1. The van der Waals surface area contributed by atoms with Crippen molar-refractivity contribution in [3.63, 3.8) is 0 Å². The van der Waals surface area contributed by atoms with Crippen LogP contribution in [0.2, 0.25) is 0 Å². The lowest BCUT2D eigenvalue weighted by molar-refractivity contribution is -0.167. The van der Waals surface area contributed by atoms with Crippen LogP contribution in [-0.4, -0.2) is 37.2 Å². The van der Waals surface area contributed by atoms with E-state index in [1.807, 2.05) is 0 Å². The van der Waals surface area contributed by atoms with Crippen molar-refractivity contribution in [1.82, 2.24) is 0 Å². The third-order valence-electron chi connectivity index (χ3n) is 10.6. The van der Waals surface area contributed by atoms with Gasteiger partial charge < -0.3 is 14.2 Å². The monoisotopic (exact) mass is 751 g/mol. The molecule has 6 nitrogen and oxygen atoms in total. The fraction of sp³-hybridized carbons (Fsp3) is 0.936. The second-order valence-electron chi connectivity index (χ2n) is 16.0. The summed E-state index contributed by atoms with van der Waals surface area (Å²) in [6.07, 6.45) is 43.7. The van der Waals surface area contributed by atoms with Crippen molar-refractivity contribution in [2.75, 3.05) is 13.2 Å². The van der Waals surface area contributed by atoms with E-state index in [0.717, 1.165) is 57.8 Å². The Hall–Kier alpha value is -1.59. The summed E-state index contributed by atoms with van der Waals surface area (Å²) in [6, 6.07) is 0. The van der Waals surface area contributed by atoms with Crippen molar-refractivity contribution in [3.8, 4) is 0 Å². The maximum Gasteiger partial charge on any atom is 0.306 e. The molecule has 0 fully saturated rings. The van der Waals surface area contributed by atoms with E-state index in [1.54, 1.807) is 0 Å². The van der Waals surface area contributed by atoms with E-state index in [9.17, 15) is 14.4 Å². The first-order valence-corrected chi connectivity index (χ1v) is 23.5. The lowest BCUT2D eigenvalue weighted by Gasteiger charge is -2.18. The molecule has 0 radical (unpaired) electrons. The van der Waals surface area contributed by atoms with Crippen LogP contribution < -0.4 is 0 Å². The van der Waals surface area contributed by atoms with Crippen LogP contribution in [0.15, 0.2) is 0 Å². The Bertz CT molecular complexity index is 783.